The van der Waals surface area contributed by atoms with Crippen molar-refractivity contribution in [2.75, 3.05) is 6.61 Å². The first kappa shape index (κ1) is 24.0. The monoisotopic (exact) mass is 492 g/mol. The van der Waals surface area contributed by atoms with E-state index in [4.69, 9.17) is 9.84 Å². The lowest BCUT2D eigenvalue weighted by molar-refractivity contribution is 0.194. The number of carboxylic acid groups (broad SMARTS) is 1. The van der Waals surface area contributed by atoms with Crippen LogP contribution in [0.2, 0.25) is 0 Å². The Labute approximate surface area is 202 Å². The number of hydrogen-bond acceptors (Lipinski definition) is 6. The van der Waals surface area contributed by atoms with Crippen LogP contribution in [-0.4, -0.2) is 40.2 Å². The van der Waals surface area contributed by atoms with E-state index in [0.717, 1.165) is 9.54 Å². The van der Waals surface area contributed by atoms with Crippen LogP contribution in [0.5, 0.6) is 0 Å². The number of amides is 1. The van der Waals surface area contributed by atoms with Crippen molar-refractivity contribution >= 4 is 32.9 Å². The summed E-state index contributed by atoms with van der Waals surface area (Å²) in [7, 11) is -3.94. The topological polar surface area (TPSA) is 123 Å². The molecule has 0 atom stereocenters. The molecule has 0 bridgehead atoms. The third-order valence-corrected chi connectivity index (χ3v) is 6.98. The summed E-state index contributed by atoms with van der Waals surface area (Å²) in [5.41, 5.74) is 2.98. The molecule has 4 rings (SSSR count). The molecule has 2 heterocycles. The Bertz CT molecular complexity index is 1530. The zero-order valence-electron chi connectivity index (χ0n) is 19.2. The number of nitrogens with one attached hydrogen (secondary N) is 1. The minimum atomic E-state index is -3.94. The maximum atomic E-state index is 13.5. The Kier molecular flexibility index (Phi) is 6.57. The molecule has 0 aliphatic heterocycles. The molecule has 0 saturated carbocycles. The number of aryl methyl sites for hydroxylation is 1. The molecule has 2 N–H and O–H groups in total. The molecule has 180 valence electrons. The first-order valence-electron chi connectivity index (χ1n) is 10.8. The van der Waals surface area contributed by atoms with Gasteiger partial charge >= 0.3 is 6.09 Å². The standard InChI is InChI=1S/C25H24N4O5S/c1-4-34-17(3)23-27-22(19-7-5-6-18(14-19)15-26-25(30)31)21-12-13-29(24(21)28-23)35(32,33)20-10-8-16(2)9-11-20/h5-14,26H,3-4,15H2,1-2H3,(H,30,31). The van der Waals surface area contributed by atoms with Crippen molar-refractivity contribution in [1.29, 1.82) is 0 Å². The van der Waals surface area contributed by atoms with Crippen molar-refractivity contribution in [2.24, 2.45) is 0 Å². The lowest BCUT2D eigenvalue weighted by Crippen LogP contribution is -2.19. The van der Waals surface area contributed by atoms with E-state index in [9.17, 15) is 13.2 Å². The maximum Gasteiger partial charge on any atom is 0.404 e. The second-order valence-electron chi connectivity index (χ2n) is 7.78. The van der Waals surface area contributed by atoms with Crippen molar-refractivity contribution in [3.8, 4) is 11.3 Å². The Morgan fingerprint density at radius 2 is 1.89 bits per heavy atom. The van der Waals surface area contributed by atoms with Gasteiger partial charge in [-0.1, -0.05) is 42.5 Å². The number of carbonyl (C=O) groups is 1. The van der Waals surface area contributed by atoms with E-state index in [2.05, 4.69) is 21.9 Å². The predicted molar refractivity (Wildman–Crippen MR) is 132 cm³/mol. The molecule has 2 aromatic carbocycles. The van der Waals surface area contributed by atoms with Gasteiger partial charge in [0.05, 0.1) is 17.2 Å². The van der Waals surface area contributed by atoms with Gasteiger partial charge in [0.15, 0.2) is 17.2 Å². The molecule has 9 nitrogen and oxygen atoms in total. The van der Waals surface area contributed by atoms with Gasteiger partial charge in [0.25, 0.3) is 10.0 Å². The summed E-state index contributed by atoms with van der Waals surface area (Å²) in [6, 6.07) is 15.4. The Morgan fingerprint density at radius 3 is 2.57 bits per heavy atom. The van der Waals surface area contributed by atoms with Gasteiger partial charge in [-0.05, 0) is 43.7 Å². The average molecular weight is 493 g/mol. The van der Waals surface area contributed by atoms with E-state index in [0.29, 0.717) is 28.8 Å². The quantitative estimate of drug-likeness (QED) is 0.349. The van der Waals surface area contributed by atoms with E-state index in [-0.39, 0.29) is 28.7 Å². The van der Waals surface area contributed by atoms with E-state index in [1.807, 2.05) is 13.0 Å². The number of ether oxygens (including phenoxy) is 1. The first-order valence-corrected chi connectivity index (χ1v) is 12.2. The lowest BCUT2D eigenvalue weighted by atomic mass is 10.1. The minimum absolute atomic E-state index is 0.110. The van der Waals surface area contributed by atoms with Crippen LogP contribution in [-0.2, 0) is 21.3 Å². The number of benzene rings is 2. The maximum absolute atomic E-state index is 13.5. The molecule has 2 aromatic heterocycles. The number of hydrogen-bond donors (Lipinski definition) is 2. The summed E-state index contributed by atoms with van der Waals surface area (Å²) in [4.78, 5) is 20.1. The molecule has 0 radical (unpaired) electrons. The molecule has 35 heavy (non-hydrogen) atoms. The van der Waals surface area contributed by atoms with Crippen molar-refractivity contribution < 1.29 is 23.1 Å². The van der Waals surface area contributed by atoms with Gasteiger partial charge in [-0.2, -0.15) is 0 Å². The SMILES string of the molecule is C=C(OCC)c1nc(-c2cccc(CNC(=O)O)c2)c2ccn(S(=O)(=O)c3ccc(C)cc3)c2n1. The van der Waals surface area contributed by atoms with Gasteiger partial charge in [-0.15, -0.1) is 0 Å². The largest absolute Gasteiger partial charge is 0.491 e. The second kappa shape index (κ2) is 9.59. The third kappa shape index (κ3) is 4.87. The normalized spacial score (nSPS) is 11.4. The molecular weight excluding hydrogens is 468 g/mol. The predicted octanol–water partition coefficient (Wildman–Crippen LogP) is 4.42. The molecule has 0 saturated heterocycles. The Hall–Kier alpha value is -4.18. The number of nitrogens with zero attached hydrogens (tertiary/aromatic N) is 3. The van der Waals surface area contributed by atoms with Crippen LogP contribution in [0.3, 0.4) is 0 Å². The lowest BCUT2D eigenvalue weighted by Gasteiger charge is -2.12. The van der Waals surface area contributed by atoms with E-state index >= 15 is 0 Å². The summed E-state index contributed by atoms with van der Waals surface area (Å²) in [5, 5.41) is 11.8. The van der Waals surface area contributed by atoms with Crippen LogP contribution in [0.4, 0.5) is 4.79 Å². The van der Waals surface area contributed by atoms with Crippen molar-refractivity contribution in [3.63, 3.8) is 0 Å². The highest BCUT2D eigenvalue weighted by atomic mass is 32.2. The number of fused-ring (bicyclic) bond motifs is 1. The summed E-state index contributed by atoms with van der Waals surface area (Å²) >= 11 is 0. The van der Waals surface area contributed by atoms with Crippen LogP contribution in [0, 0.1) is 6.92 Å². The zero-order valence-corrected chi connectivity index (χ0v) is 20.0. The molecular formula is C25H24N4O5S. The summed E-state index contributed by atoms with van der Waals surface area (Å²) in [5.74, 6) is 0.363. The minimum Gasteiger partial charge on any atom is -0.491 e. The molecule has 0 spiro atoms. The van der Waals surface area contributed by atoms with Gasteiger partial charge in [-0.3, -0.25) is 0 Å². The fourth-order valence-corrected chi connectivity index (χ4v) is 4.89. The number of rotatable bonds is 8. The van der Waals surface area contributed by atoms with Gasteiger partial charge in [-0.25, -0.2) is 27.2 Å². The highest BCUT2D eigenvalue weighted by Gasteiger charge is 2.23. The molecule has 4 aromatic rings. The van der Waals surface area contributed by atoms with Crippen LogP contribution in [0.15, 0.2) is 72.3 Å². The van der Waals surface area contributed by atoms with Crippen molar-refractivity contribution in [1.82, 2.24) is 19.3 Å². The zero-order chi connectivity index (χ0) is 25.2. The van der Waals surface area contributed by atoms with Gasteiger partial charge in [0, 0.05) is 23.7 Å². The molecule has 1 amide bonds. The Morgan fingerprint density at radius 1 is 1.14 bits per heavy atom. The fourth-order valence-electron chi connectivity index (χ4n) is 3.60. The van der Waals surface area contributed by atoms with Crippen LogP contribution >= 0.6 is 0 Å². The summed E-state index contributed by atoms with van der Waals surface area (Å²) in [6.07, 6.45) is 0.315. The van der Waals surface area contributed by atoms with Gasteiger partial charge in [0.1, 0.15) is 0 Å². The van der Waals surface area contributed by atoms with Crippen molar-refractivity contribution in [3.05, 3.63) is 84.3 Å². The summed E-state index contributed by atoms with van der Waals surface area (Å²) < 4.78 is 33.6. The Balaban J connectivity index is 1.91. The second-order valence-corrected chi connectivity index (χ2v) is 9.59. The van der Waals surface area contributed by atoms with Crippen LogP contribution in [0.25, 0.3) is 28.0 Å². The van der Waals surface area contributed by atoms with E-state index in [1.54, 1.807) is 55.5 Å². The smallest absolute Gasteiger partial charge is 0.404 e. The van der Waals surface area contributed by atoms with Gasteiger partial charge < -0.3 is 15.2 Å². The fraction of sp³-hybridized carbons (Fsp3) is 0.160. The molecule has 0 aliphatic rings. The highest BCUT2D eigenvalue weighted by Crippen LogP contribution is 2.31. The average Bonchev–Trinajstić information content (AvgIpc) is 3.28. The highest BCUT2D eigenvalue weighted by molar-refractivity contribution is 7.90. The summed E-state index contributed by atoms with van der Waals surface area (Å²) in [6.45, 7) is 8.02. The van der Waals surface area contributed by atoms with Crippen LogP contribution in [0.1, 0.15) is 23.9 Å². The molecule has 0 aliphatic carbocycles. The van der Waals surface area contributed by atoms with Crippen LogP contribution < -0.4 is 5.32 Å². The van der Waals surface area contributed by atoms with E-state index < -0.39 is 16.1 Å². The first-order chi connectivity index (χ1) is 16.7. The third-order valence-electron chi connectivity index (χ3n) is 5.30. The molecule has 10 heteroatoms. The van der Waals surface area contributed by atoms with Crippen molar-refractivity contribution in [2.45, 2.75) is 25.3 Å². The number of aromatic nitrogens is 3. The van der Waals surface area contributed by atoms with E-state index in [1.165, 1.54) is 6.20 Å². The van der Waals surface area contributed by atoms with Gasteiger partial charge in [0.2, 0.25) is 0 Å². The molecule has 0 unspecified atom stereocenters. The molecule has 0 fully saturated rings.